The second kappa shape index (κ2) is 3.91. The van der Waals surface area contributed by atoms with Gasteiger partial charge in [-0.15, -0.1) is 0 Å². The lowest BCUT2D eigenvalue weighted by molar-refractivity contribution is 0.542. The maximum Gasteiger partial charge on any atom is 0.203 e. The van der Waals surface area contributed by atoms with Gasteiger partial charge in [0.2, 0.25) is 5.95 Å². The minimum atomic E-state index is 0.392. The molecule has 17 heavy (non-hydrogen) atoms. The van der Waals surface area contributed by atoms with Crippen LogP contribution in [-0.2, 0) is 6.54 Å². The summed E-state index contributed by atoms with van der Waals surface area (Å²) in [6.45, 7) is 5.35. The summed E-state index contributed by atoms with van der Waals surface area (Å²) < 4.78 is 2.17. The van der Waals surface area contributed by atoms with E-state index < -0.39 is 0 Å². The van der Waals surface area contributed by atoms with Crippen LogP contribution in [0.3, 0.4) is 0 Å². The van der Waals surface area contributed by atoms with Crippen LogP contribution in [0.25, 0.3) is 0 Å². The zero-order valence-electron chi connectivity index (χ0n) is 10.3. The average Bonchev–Trinajstić information content (AvgIpc) is 2.74. The molecular formula is C14H17N3. The SMILES string of the molecule is Cc1cc(C)cc(C2CCn3ccnc3N2)c1. The third-order valence-electron chi connectivity index (χ3n) is 3.32. The van der Waals surface area contributed by atoms with Gasteiger partial charge < -0.3 is 9.88 Å². The lowest BCUT2D eigenvalue weighted by Crippen LogP contribution is -2.22. The highest BCUT2D eigenvalue weighted by Gasteiger charge is 2.19. The lowest BCUT2D eigenvalue weighted by Gasteiger charge is -2.26. The first-order chi connectivity index (χ1) is 8.22. The molecule has 3 rings (SSSR count). The van der Waals surface area contributed by atoms with Crippen molar-refractivity contribution in [3.63, 3.8) is 0 Å². The molecule has 0 saturated carbocycles. The van der Waals surface area contributed by atoms with E-state index in [0.717, 1.165) is 18.9 Å². The molecule has 1 unspecified atom stereocenters. The first-order valence-corrected chi connectivity index (χ1v) is 6.08. The molecule has 0 bridgehead atoms. The summed E-state index contributed by atoms with van der Waals surface area (Å²) >= 11 is 0. The standard InChI is InChI=1S/C14H17N3/c1-10-7-11(2)9-12(8-10)13-3-5-17-6-4-15-14(17)16-13/h4,6-9,13H,3,5H2,1-2H3,(H,15,16). The molecule has 2 heterocycles. The van der Waals surface area contributed by atoms with Crippen LogP contribution in [0.1, 0.15) is 29.2 Å². The van der Waals surface area contributed by atoms with E-state index >= 15 is 0 Å². The predicted molar refractivity (Wildman–Crippen MR) is 69.1 cm³/mol. The Labute approximate surface area is 101 Å². The summed E-state index contributed by atoms with van der Waals surface area (Å²) in [5, 5.41) is 3.50. The molecule has 1 aromatic heterocycles. The Morgan fingerprint density at radius 1 is 1.24 bits per heavy atom. The molecule has 1 aromatic carbocycles. The van der Waals surface area contributed by atoms with Crippen LogP contribution in [0.4, 0.5) is 5.95 Å². The molecule has 88 valence electrons. The molecule has 1 atom stereocenters. The Kier molecular flexibility index (Phi) is 2.39. The first kappa shape index (κ1) is 10.4. The highest BCUT2D eigenvalue weighted by molar-refractivity contribution is 5.38. The van der Waals surface area contributed by atoms with Crippen molar-refractivity contribution in [3.05, 3.63) is 47.3 Å². The maximum absolute atomic E-state index is 4.33. The number of rotatable bonds is 1. The van der Waals surface area contributed by atoms with Crippen molar-refractivity contribution in [1.82, 2.24) is 9.55 Å². The summed E-state index contributed by atoms with van der Waals surface area (Å²) in [4.78, 5) is 4.33. The molecule has 0 amide bonds. The summed E-state index contributed by atoms with van der Waals surface area (Å²) in [6.07, 6.45) is 5.00. The highest BCUT2D eigenvalue weighted by atomic mass is 15.2. The topological polar surface area (TPSA) is 29.9 Å². The van der Waals surface area contributed by atoms with Crippen LogP contribution in [0.2, 0.25) is 0 Å². The first-order valence-electron chi connectivity index (χ1n) is 6.08. The number of anilines is 1. The maximum atomic E-state index is 4.33. The monoisotopic (exact) mass is 227 g/mol. The van der Waals surface area contributed by atoms with Crippen molar-refractivity contribution in [3.8, 4) is 0 Å². The van der Waals surface area contributed by atoms with Gasteiger partial charge in [0.1, 0.15) is 0 Å². The molecule has 1 aliphatic heterocycles. The van der Waals surface area contributed by atoms with E-state index in [2.05, 4.69) is 46.9 Å². The summed E-state index contributed by atoms with van der Waals surface area (Å²) in [5.41, 5.74) is 4.03. The average molecular weight is 227 g/mol. The van der Waals surface area contributed by atoms with Gasteiger partial charge in [0.15, 0.2) is 0 Å². The normalized spacial score (nSPS) is 18.6. The number of nitrogens with one attached hydrogen (secondary N) is 1. The van der Waals surface area contributed by atoms with Crippen LogP contribution >= 0.6 is 0 Å². The van der Waals surface area contributed by atoms with Crippen molar-refractivity contribution < 1.29 is 0 Å². The van der Waals surface area contributed by atoms with Gasteiger partial charge in [-0.25, -0.2) is 4.98 Å². The van der Waals surface area contributed by atoms with Crippen molar-refractivity contribution in [1.29, 1.82) is 0 Å². The second-order valence-electron chi connectivity index (χ2n) is 4.85. The van der Waals surface area contributed by atoms with E-state index in [4.69, 9.17) is 0 Å². The zero-order chi connectivity index (χ0) is 11.8. The molecule has 1 aliphatic rings. The fraction of sp³-hybridized carbons (Fsp3) is 0.357. The molecule has 1 N–H and O–H groups in total. The van der Waals surface area contributed by atoms with Crippen LogP contribution < -0.4 is 5.32 Å². The smallest absolute Gasteiger partial charge is 0.203 e. The molecule has 0 aliphatic carbocycles. The van der Waals surface area contributed by atoms with Gasteiger partial charge in [-0.05, 0) is 25.8 Å². The van der Waals surface area contributed by atoms with E-state index in [1.165, 1.54) is 16.7 Å². The molecule has 3 nitrogen and oxygen atoms in total. The summed E-state index contributed by atoms with van der Waals surface area (Å²) in [5.74, 6) is 0.986. The van der Waals surface area contributed by atoms with Gasteiger partial charge >= 0.3 is 0 Å². The van der Waals surface area contributed by atoms with E-state index in [1.807, 2.05) is 12.4 Å². The summed E-state index contributed by atoms with van der Waals surface area (Å²) in [6, 6.07) is 7.14. The molecule has 0 spiro atoms. The highest BCUT2D eigenvalue weighted by Crippen LogP contribution is 2.28. The van der Waals surface area contributed by atoms with E-state index in [0.29, 0.717) is 6.04 Å². The van der Waals surface area contributed by atoms with Gasteiger partial charge in [-0.2, -0.15) is 0 Å². The largest absolute Gasteiger partial charge is 0.349 e. The molecule has 0 fully saturated rings. The van der Waals surface area contributed by atoms with Gasteiger partial charge in [-0.1, -0.05) is 29.3 Å². The molecular weight excluding hydrogens is 210 g/mol. The molecule has 2 aromatic rings. The second-order valence-corrected chi connectivity index (χ2v) is 4.85. The van der Waals surface area contributed by atoms with Crippen LogP contribution in [0, 0.1) is 13.8 Å². The number of imidazole rings is 1. The van der Waals surface area contributed by atoms with Crippen molar-refractivity contribution in [2.75, 3.05) is 5.32 Å². The number of benzene rings is 1. The predicted octanol–water partition coefficient (Wildman–Crippen LogP) is 3.06. The number of hydrogen-bond donors (Lipinski definition) is 1. The number of aromatic nitrogens is 2. The fourth-order valence-corrected chi connectivity index (χ4v) is 2.59. The van der Waals surface area contributed by atoms with Crippen LogP contribution in [-0.4, -0.2) is 9.55 Å². The van der Waals surface area contributed by atoms with E-state index in [9.17, 15) is 0 Å². The fourth-order valence-electron chi connectivity index (χ4n) is 2.59. The number of hydrogen-bond acceptors (Lipinski definition) is 2. The Bertz CT molecular complexity index is 522. The Balaban J connectivity index is 1.91. The van der Waals surface area contributed by atoms with Gasteiger partial charge in [0.25, 0.3) is 0 Å². The van der Waals surface area contributed by atoms with Gasteiger partial charge in [0, 0.05) is 18.9 Å². The van der Waals surface area contributed by atoms with Crippen LogP contribution in [0.5, 0.6) is 0 Å². The van der Waals surface area contributed by atoms with Crippen molar-refractivity contribution in [2.24, 2.45) is 0 Å². The van der Waals surface area contributed by atoms with Gasteiger partial charge in [-0.3, -0.25) is 0 Å². The van der Waals surface area contributed by atoms with E-state index in [1.54, 1.807) is 0 Å². The minimum Gasteiger partial charge on any atom is -0.349 e. The quantitative estimate of drug-likeness (QED) is 0.811. The third kappa shape index (κ3) is 1.93. The molecule has 0 saturated heterocycles. The summed E-state index contributed by atoms with van der Waals surface area (Å²) in [7, 11) is 0. The van der Waals surface area contributed by atoms with E-state index in [-0.39, 0.29) is 0 Å². The number of fused-ring (bicyclic) bond motifs is 1. The lowest BCUT2D eigenvalue weighted by atomic mass is 9.98. The zero-order valence-corrected chi connectivity index (χ0v) is 10.3. The number of nitrogens with zero attached hydrogens (tertiary/aromatic N) is 2. The number of aryl methyl sites for hydroxylation is 3. The molecule has 3 heteroatoms. The Morgan fingerprint density at radius 2 is 2.00 bits per heavy atom. The molecule has 0 radical (unpaired) electrons. The van der Waals surface area contributed by atoms with Crippen molar-refractivity contribution in [2.45, 2.75) is 32.9 Å². The Hall–Kier alpha value is -1.77. The van der Waals surface area contributed by atoms with Crippen LogP contribution in [0.15, 0.2) is 30.6 Å². The van der Waals surface area contributed by atoms with Gasteiger partial charge in [0.05, 0.1) is 6.04 Å². The van der Waals surface area contributed by atoms with Crippen molar-refractivity contribution >= 4 is 5.95 Å². The Morgan fingerprint density at radius 3 is 2.76 bits per heavy atom. The minimum absolute atomic E-state index is 0.392. The third-order valence-corrected chi connectivity index (χ3v) is 3.32.